The number of ether oxygens (including phenoxy) is 2. The second-order valence-corrected chi connectivity index (χ2v) is 8.18. The fourth-order valence-corrected chi connectivity index (χ4v) is 4.45. The zero-order chi connectivity index (χ0) is 16.1. The monoisotopic (exact) mass is 438 g/mol. The van der Waals surface area contributed by atoms with Gasteiger partial charge in [0.1, 0.15) is 0 Å². The van der Waals surface area contributed by atoms with Gasteiger partial charge in [-0.2, -0.15) is 0 Å². The van der Waals surface area contributed by atoms with E-state index >= 15 is 0 Å². The minimum atomic E-state index is 0.0687. The Morgan fingerprint density at radius 2 is 1.91 bits per heavy atom. The van der Waals surface area contributed by atoms with E-state index in [-0.39, 0.29) is 27.2 Å². The zero-order valence-corrected chi connectivity index (χ0v) is 16.2. The van der Waals surface area contributed by atoms with E-state index in [2.05, 4.69) is 69.4 Å². The molecule has 1 fully saturated rings. The van der Waals surface area contributed by atoms with Gasteiger partial charge < -0.3 is 0 Å². The van der Waals surface area contributed by atoms with Gasteiger partial charge in [0.2, 0.25) is 0 Å². The van der Waals surface area contributed by atoms with Crippen molar-refractivity contribution in [3.63, 3.8) is 0 Å². The Labute approximate surface area is 152 Å². The van der Waals surface area contributed by atoms with E-state index in [1.165, 1.54) is 10.0 Å². The Balaban J connectivity index is 1.74. The van der Waals surface area contributed by atoms with Crippen molar-refractivity contribution in [1.29, 1.82) is 0 Å². The van der Waals surface area contributed by atoms with Crippen LogP contribution in [-0.4, -0.2) is 27.7 Å². The van der Waals surface area contributed by atoms with Crippen LogP contribution in [0.5, 0.6) is 0 Å². The second kappa shape index (κ2) is 8.16. The van der Waals surface area contributed by atoms with Crippen molar-refractivity contribution in [3.05, 3.63) is 75.4 Å². The molecule has 0 bridgehead atoms. The van der Waals surface area contributed by atoms with Gasteiger partial charge in [-0.1, -0.05) is 0 Å². The van der Waals surface area contributed by atoms with Crippen molar-refractivity contribution in [3.8, 4) is 0 Å². The fourth-order valence-electron chi connectivity index (χ4n) is 2.56. The summed E-state index contributed by atoms with van der Waals surface area (Å²) in [6.45, 7) is 2.74. The molecule has 0 saturated carbocycles. The molecule has 120 valence electrons. The molecule has 0 radical (unpaired) electrons. The van der Waals surface area contributed by atoms with Gasteiger partial charge >= 0.3 is 152 Å². The third kappa shape index (κ3) is 4.48. The second-order valence-electron chi connectivity index (χ2n) is 5.29. The molecule has 23 heavy (non-hydrogen) atoms. The topological polar surface area (TPSA) is 18.5 Å². The molecule has 1 aliphatic rings. The molecule has 0 spiro atoms. The van der Waals surface area contributed by atoms with E-state index in [1.807, 2.05) is 13.0 Å². The summed E-state index contributed by atoms with van der Waals surface area (Å²) in [4.78, 5) is 2.22. The van der Waals surface area contributed by atoms with E-state index in [9.17, 15) is 0 Å². The van der Waals surface area contributed by atoms with Crippen LogP contribution in [0.3, 0.4) is 0 Å². The first-order chi connectivity index (χ1) is 11.3. The summed E-state index contributed by atoms with van der Waals surface area (Å²) in [5.41, 5.74) is 1.20. The van der Waals surface area contributed by atoms with Crippen molar-refractivity contribution >= 4 is 35.3 Å². The first kappa shape index (κ1) is 16.8. The molecule has 0 amide bonds. The summed E-state index contributed by atoms with van der Waals surface area (Å²) in [7, 11) is 0. The van der Waals surface area contributed by atoms with E-state index in [4.69, 9.17) is 9.47 Å². The molecule has 1 aliphatic heterocycles. The Hall–Kier alpha value is -1.06. The molecule has 0 unspecified atom stereocenters. The molecule has 1 heterocycles. The molecule has 2 atom stereocenters. The van der Waals surface area contributed by atoms with Gasteiger partial charge in [0.25, 0.3) is 0 Å². The van der Waals surface area contributed by atoms with Crippen LogP contribution in [0.4, 0.5) is 0 Å². The molecule has 0 N–H and O–H groups in total. The van der Waals surface area contributed by atoms with Crippen molar-refractivity contribution in [2.45, 2.75) is 25.6 Å². The maximum atomic E-state index is 6.21. The van der Waals surface area contributed by atoms with Crippen LogP contribution in [0, 0.1) is 0 Å². The van der Waals surface area contributed by atoms with E-state index in [1.54, 1.807) is 0 Å². The zero-order valence-electron chi connectivity index (χ0n) is 12.9. The Morgan fingerprint density at radius 1 is 1.17 bits per heavy atom. The number of hydrogen-bond donors (Lipinski definition) is 0. The summed E-state index contributed by atoms with van der Waals surface area (Å²) >= 11 is 3.74. The maximum absolute atomic E-state index is 6.21. The number of rotatable bonds is 5. The summed E-state index contributed by atoms with van der Waals surface area (Å²) in [6, 6.07) is 18.9. The molecule has 4 heteroatoms. The van der Waals surface area contributed by atoms with Gasteiger partial charge in [0.05, 0.1) is 0 Å². The SMILES string of the molecule is CCO[C@H]1C[C@@H](c2ccc(Br)cc2)O/C1=C\[Se]c1ccccc1. The van der Waals surface area contributed by atoms with E-state index in [0.717, 1.165) is 16.7 Å². The van der Waals surface area contributed by atoms with Gasteiger partial charge in [-0.05, 0) is 0 Å². The normalized spacial score (nSPS) is 22.3. The predicted molar refractivity (Wildman–Crippen MR) is 97.9 cm³/mol. The molecule has 0 aromatic heterocycles. The van der Waals surface area contributed by atoms with Crippen LogP contribution in [0.25, 0.3) is 0 Å². The summed E-state index contributed by atoms with van der Waals surface area (Å²) < 4.78 is 14.5. The Kier molecular flexibility index (Phi) is 5.96. The molecule has 3 rings (SSSR count). The minimum absolute atomic E-state index is 0.0687. The molecule has 1 saturated heterocycles. The van der Waals surface area contributed by atoms with Crippen LogP contribution in [0.15, 0.2) is 69.8 Å². The number of benzene rings is 2. The van der Waals surface area contributed by atoms with Gasteiger partial charge in [0.15, 0.2) is 0 Å². The summed E-state index contributed by atoms with van der Waals surface area (Å²) in [5.74, 6) is 0.989. The van der Waals surface area contributed by atoms with E-state index < -0.39 is 0 Å². The summed E-state index contributed by atoms with van der Waals surface area (Å²) in [5, 5.41) is 0. The molecular weight excluding hydrogens is 419 g/mol. The summed E-state index contributed by atoms with van der Waals surface area (Å²) in [6.07, 6.45) is 1.03. The average Bonchev–Trinajstić information content (AvgIpc) is 2.98. The van der Waals surface area contributed by atoms with Crippen LogP contribution in [-0.2, 0) is 9.47 Å². The van der Waals surface area contributed by atoms with Crippen LogP contribution >= 0.6 is 15.9 Å². The van der Waals surface area contributed by atoms with Crippen molar-refractivity contribution in [1.82, 2.24) is 0 Å². The van der Waals surface area contributed by atoms with Gasteiger partial charge in [-0.15, -0.1) is 0 Å². The van der Waals surface area contributed by atoms with Gasteiger partial charge in [-0.25, -0.2) is 0 Å². The van der Waals surface area contributed by atoms with Crippen LogP contribution in [0.1, 0.15) is 25.0 Å². The predicted octanol–water partition coefficient (Wildman–Crippen LogP) is 4.19. The molecule has 2 nitrogen and oxygen atoms in total. The van der Waals surface area contributed by atoms with Crippen LogP contribution in [0.2, 0.25) is 0 Å². The Morgan fingerprint density at radius 3 is 2.61 bits per heavy atom. The third-order valence-electron chi connectivity index (χ3n) is 3.69. The molecule has 0 aliphatic carbocycles. The van der Waals surface area contributed by atoms with Gasteiger partial charge in [0, 0.05) is 0 Å². The van der Waals surface area contributed by atoms with Crippen molar-refractivity contribution in [2.75, 3.05) is 6.61 Å². The van der Waals surface area contributed by atoms with Crippen molar-refractivity contribution in [2.24, 2.45) is 0 Å². The first-order valence-electron chi connectivity index (χ1n) is 7.71. The van der Waals surface area contributed by atoms with Crippen molar-refractivity contribution < 1.29 is 9.47 Å². The number of halogens is 1. The first-order valence-corrected chi connectivity index (χ1v) is 10.4. The standard InChI is InChI=1S/C19H19BrO2Se/c1-2-21-18-12-17(14-8-10-15(20)11-9-14)22-19(18)13-23-16-6-4-3-5-7-16/h3-11,13,17-18H,2,12H2,1H3/b19-13-/t17-,18-/m0/s1. The third-order valence-corrected chi connectivity index (χ3v) is 6.09. The van der Waals surface area contributed by atoms with Gasteiger partial charge in [-0.3, -0.25) is 0 Å². The molecule has 2 aromatic carbocycles. The number of hydrogen-bond acceptors (Lipinski definition) is 2. The fraction of sp³-hybridized carbons (Fsp3) is 0.263. The molecule has 2 aromatic rings. The van der Waals surface area contributed by atoms with Crippen LogP contribution < -0.4 is 4.46 Å². The van der Waals surface area contributed by atoms with E-state index in [0.29, 0.717) is 6.61 Å². The molecular formula is C19H19BrO2Se. The quantitative estimate of drug-likeness (QED) is 0.653. The Bertz CT molecular complexity index is 655. The average molecular weight is 438 g/mol.